The molecule has 1 atom stereocenters. The van der Waals surface area contributed by atoms with E-state index in [0.717, 1.165) is 5.57 Å². The fourth-order valence-electron chi connectivity index (χ4n) is 1.56. The van der Waals surface area contributed by atoms with E-state index in [4.69, 9.17) is 5.53 Å². The van der Waals surface area contributed by atoms with Crippen LogP contribution in [0.5, 0.6) is 0 Å². The predicted molar refractivity (Wildman–Crippen MR) is 52.2 cm³/mol. The van der Waals surface area contributed by atoms with E-state index in [9.17, 15) is 0 Å². The van der Waals surface area contributed by atoms with Crippen molar-refractivity contribution in [2.45, 2.75) is 0 Å². The third-order valence-corrected chi connectivity index (χ3v) is 2.26. The SMILES string of the molecule is C=C1C=CC=C2C=C(N=N)C=CC12. The Morgan fingerprint density at radius 2 is 2.23 bits per heavy atom. The van der Waals surface area contributed by atoms with Crippen molar-refractivity contribution in [1.29, 1.82) is 5.53 Å². The van der Waals surface area contributed by atoms with Crippen molar-refractivity contribution in [2.24, 2.45) is 11.0 Å². The molecule has 2 nitrogen and oxygen atoms in total. The van der Waals surface area contributed by atoms with Crippen molar-refractivity contribution < 1.29 is 0 Å². The first-order valence-electron chi connectivity index (χ1n) is 4.15. The van der Waals surface area contributed by atoms with Crippen LogP contribution in [0, 0.1) is 11.4 Å². The maximum absolute atomic E-state index is 6.89. The quantitative estimate of drug-likeness (QED) is 0.587. The fraction of sp³-hybridized carbons (Fsp3) is 0.0909. The molecule has 0 saturated carbocycles. The van der Waals surface area contributed by atoms with Gasteiger partial charge in [-0.25, -0.2) is 5.53 Å². The van der Waals surface area contributed by atoms with E-state index in [1.165, 1.54) is 5.57 Å². The molecule has 0 bridgehead atoms. The average molecular weight is 170 g/mol. The van der Waals surface area contributed by atoms with Crippen LogP contribution in [0.2, 0.25) is 0 Å². The smallest absolute Gasteiger partial charge is 0.0850 e. The highest BCUT2D eigenvalue weighted by Gasteiger charge is 2.17. The molecule has 1 unspecified atom stereocenters. The third kappa shape index (κ3) is 1.31. The first-order valence-corrected chi connectivity index (χ1v) is 4.15. The maximum Gasteiger partial charge on any atom is 0.0850 e. The topological polar surface area (TPSA) is 36.2 Å². The van der Waals surface area contributed by atoms with Gasteiger partial charge in [0, 0.05) is 5.92 Å². The summed E-state index contributed by atoms with van der Waals surface area (Å²) in [6.45, 7) is 3.96. The van der Waals surface area contributed by atoms with Crippen molar-refractivity contribution in [3.8, 4) is 0 Å². The van der Waals surface area contributed by atoms with Crippen molar-refractivity contribution in [2.75, 3.05) is 0 Å². The lowest BCUT2D eigenvalue weighted by Crippen LogP contribution is -2.07. The van der Waals surface area contributed by atoms with Gasteiger partial charge in [-0.05, 0) is 23.3 Å². The van der Waals surface area contributed by atoms with Crippen LogP contribution >= 0.6 is 0 Å². The van der Waals surface area contributed by atoms with E-state index < -0.39 is 0 Å². The summed E-state index contributed by atoms with van der Waals surface area (Å²) in [5.74, 6) is 0.287. The average Bonchev–Trinajstić information content (AvgIpc) is 2.18. The molecule has 0 amide bonds. The van der Waals surface area contributed by atoms with E-state index in [2.05, 4.69) is 11.7 Å². The zero-order chi connectivity index (χ0) is 9.26. The largest absolute Gasteiger partial charge is 0.204 e. The van der Waals surface area contributed by atoms with Gasteiger partial charge in [0.25, 0.3) is 0 Å². The van der Waals surface area contributed by atoms with Crippen molar-refractivity contribution in [3.63, 3.8) is 0 Å². The van der Waals surface area contributed by atoms with Crippen LogP contribution in [0.1, 0.15) is 0 Å². The minimum absolute atomic E-state index is 0.287. The zero-order valence-corrected chi connectivity index (χ0v) is 7.20. The van der Waals surface area contributed by atoms with Gasteiger partial charge in [0.1, 0.15) is 0 Å². The Balaban J connectivity index is 2.41. The fourth-order valence-corrected chi connectivity index (χ4v) is 1.56. The molecule has 2 heteroatoms. The molecule has 0 spiro atoms. The number of nitrogens with zero attached hydrogens (tertiary/aromatic N) is 1. The summed E-state index contributed by atoms with van der Waals surface area (Å²) in [5, 5.41) is 3.39. The second kappa shape index (κ2) is 2.98. The number of hydrogen-bond donors (Lipinski definition) is 1. The number of allylic oxidation sites excluding steroid dienone is 8. The molecular formula is C11H10N2. The van der Waals surface area contributed by atoms with Crippen LogP contribution in [0.4, 0.5) is 0 Å². The van der Waals surface area contributed by atoms with Crippen LogP contribution in [0.25, 0.3) is 0 Å². The van der Waals surface area contributed by atoms with Crippen molar-refractivity contribution >= 4 is 0 Å². The standard InChI is InChI=1S/C11H10N2/c1-8-3-2-4-9-7-10(13-12)5-6-11(8)9/h2-7,11-12H,1H2. The van der Waals surface area contributed by atoms with Crippen LogP contribution in [0.15, 0.2) is 65.0 Å². The molecule has 0 fully saturated rings. The van der Waals surface area contributed by atoms with E-state index in [1.54, 1.807) is 0 Å². The highest BCUT2D eigenvalue weighted by molar-refractivity contribution is 5.49. The molecule has 0 aromatic heterocycles. The summed E-state index contributed by atoms with van der Waals surface area (Å²) >= 11 is 0. The molecule has 2 aliphatic rings. The highest BCUT2D eigenvalue weighted by Crippen LogP contribution is 2.31. The molecule has 2 rings (SSSR count). The molecule has 0 aliphatic heterocycles. The van der Waals surface area contributed by atoms with Gasteiger partial charge in [-0.3, -0.25) is 0 Å². The Kier molecular flexibility index (Phi) is 1.81. The summed E-state index contributed by atoms with van der Waals surface area (Å²) in [5.41, 5.74) is 9.85. The van der Waals surface area contributed by atoms with Crippen LogP contribution < -0.4 is 0 Å². The first kappa shape index (κ1) is 7.92. The van der Waals surface area contributed by atoms with Crippen LogP contribution in [0.3, 0.4) is 0 Å². The molecule has 13 heavy (non-hydrogen) atoms. The van der Waals surface area contributed by atoms with Gasteiger partial charge in [0.15, 0.2) is 0 Å². The van der Waals surface area contributed by atoms with E-state index in [1.807, 2.05) is 36.5 Å². The van der Waals surface area contributed by atoms with Gasteiger partial charge in [-0.2, -0.15) is 5.11 Å². The van der Waals surface area contributed by atoms with Gasteiger partial charge < -0.3 is 0 Å². The minimum Gasteiger partial charge on any atom is -0.204 e. The summed E-state index contributed by atoms with van der Waals surface area (Å²) in [6.07, 6.45) is 11.8. The zero-order valence-electron chi connectivity index (χ0n) is 7.20. The Bertz CT molecular complexity index is 381. The predicted octanol–water partition coefficient (Wildman–Crippen LogP) is 3.14. The molecule has 2 aliphatic carbocycles. The monoisotopic (exact) mass is 170 g/mol. The third-order valence-electron chi connectivity index (χ3n) is 2.26. The second-order valence-corrected chi connectivity index (χ2v) is 3.12. The molecular weight excluding hydrogens is 160 g/mol. The van der Waals surface area contributed by atoms with Gasteiger partial charge in [-0.15, -0.1) is 0 Å². The number of hydrogen-bond acceptors (Lipinski definition) is 2. The number of nitrogens with one attached hydrogen (secondary N) is 1. The Morgan fingerprint density at radius 1 is 1.38 bits per heavy atom. The van der Waals surface area contributed by atoms with Crippen molar-refractivity contribution in [1.82, 2.24) is 0 Å². The minimum atomic E-state index is 0.287. The van der Waals surface area contributed by atoms with Gasteiger partial charge in [0.2, 0.25) is 0 Å². The molecule has 0 aromatic carbocycles. The molecule has 1 N–H and O–H groups in total. The van der Waals surface area contributed by atoms with Gasteiger partial charge >= 0.3 is 0 Å². The lowest BCUT2D eigenvalue weighted by atomic mass is 9.84. The summed E-state index contributed by atoms with van der Waals surface area (Å²) < 4.78 is 0. The molecule has 0 aromatic rings. The second-order valence-electron chi connectivity index (χ2n) is 3.12. The maximum atomic E-state index is 6.89. The van der Waals surface area contributed by atoms with Gasteiger partial charge in [0.05, 0.1) is 5.70 Å². The Labute approximate surface area is 77.2 Å². The molecule has 0 saturated heterocycles. The van der Waals surface area contributed by atoms with E-state index in [0.29, 0.717) is 5.70 Å². The lowest BCUT2D eigenvalue weighted by molar-refractivity contribution is 0.917. The van der Waals surface area contributed by atoms with E-state index in [-0.39, 0.29) is 5.92 Å². The lowest BCUT2D eigenvalue weighted by Gasteiger charge is -2.20. The number of rotatable bonds is 1. The van der Waals surface area contributed by atoms with Crippen LogP contribution in [-0.2, 0) is 0 Å². The molecule has 0 radical (unpaired) electrons. The summed E-state index contributed by atoms with van der Waals surface area (Å²) in [4.78, 5) is 0. The Morgan fingerprint density at radius 3 is 3.00 bits per heavy atom. The summed E-state index contributed by atoms with van der Waals surface area (Å²) in [6, 6.07) is 0. The first-order chi connectivity index (χ1) is 6.31. The normalized spacial score (nSPS) is 24.9. The van der Waals surface area contributed by atoms with E-state index >= 15 is 0 Å². The highest BCUT2D eigenvalue weighted by atomic mass is 15.0. The number of fused-ring (bicyclic) bond motifs is 1. The summed E-state index contributed by atoms with van der Waals surface area (Å²) in [7, 11) is 0. The molecule has 64 valence electrons. The Hall–Kier alpha value is -1.70. The molecule has 0 heterocycles. The van der Waals surface area contributed by atoms with Gasteiger partial charge in [-0.1, -0.05) is 30.9 Å². The van der Waals surface area contributed by atoms with Crippen molar-refractivity contribution in [3.05, 3.63) is 59.9 Å². The van der Waals surface area contributed by atoms with Crippen LogP contribution in [-0.4, -0.2) is 0 Å².